The summed E-state index contributed by atoms with van der Waals surface area (Å²) in [5.74, 6) is -0.342. The zero-order chi connectivity index (χ0) is 26.5. The number of carboxylic acids is 1. The Kier molecular flexibility index (Phi) is 7.86. The van der Waals surface area contributed by atoms with E-state index in [1.807, 2.05) is 30.3 Å². The van der Waals surface area contributed by atoms with Gasteiger partial charge in [-0.2, -0.15) is 0 Å². The number of nitrogens with zero attached hydrogens (tertiary/aromatic N) is 2. The van der Waals surface area contributed by atoms with E-state index in [1.165, 1.54) is 18.2 Å². The minimum Gasteiger partial charge on any atom is -0.478 e. The molecule has 4 rings (SSSR count). The molecule has 8 nitrogen and oxygen atoms in total. The molecule has 192 valence electrons. The highest BCUT2D eigenvalue weighted by Crippen LogP contribution is 2.36. The molecule has 0 aliphatic carbocycles. The average molecular weight is 502 g/mol. The Morgan fingerprint density at radius 3 is 2.27 bits per heavy atom. The number of amides is 1. The Hall–Kier alpha value is -4.20. The summed E-state index contributed by atoms with van der Waals surface area (Å²) in [6.07, 6.45) is 1.17. The fraction of sp³-hybridized carbons (Fsp3) is 0.310. The SMILES string of the molecule is C[C@@H]1C[C@H](C)CN(c2ccc([N+](=O)[O-])cc2C(NC(=O)Cc2ccc(C(=O)O)cc2)c2ccccc2)C1. The lowest BCUT2D eigenvalue weighted by Gasteiger charge is -2.38. The van der Waals surface area contributed by atoms with Gasteiger partial charge in [-0.15, -0.1) is 0 Å². The largest absolute Gasteiger partial charge is 0.478 e. The van der Waals surface area contributed by atoms with Crippen LogP contribution in [0.25, 0.3) is 0 Å². The number of nitro benzene ring substituents is 1. The summed E-state index contributed by atoms with van der Waals surface area (Å²) in [7, 11) is 0. The fourth-order valence-corrected chi connectivity index (χ4v) is 5.18. The molecule has 1 aliphatic rings. The smallest absolute Gasteiger partial charge is 0.335 e. The van der Waals surface area contributed by atoms with Crippen molar-refractivity contribution in [3.8, 4) is 0 Å². The molecule has 1 unspecified atom stereocenters. The molecule has 1 heterocycles. The molecule has 1 amide bonds. The van der Waals surface area contributed by atoms with Crippen LogP contribution in [0.4, 0.5) is 11.4 Å². The second-order valence-electron chi connectivity index (χ2n) is 9.94. The predicted molar refractivity (Wildman–Crippen MR) is 142 cm³/mol. The molecule has 0 aromatic heterocycles. The summed E-state index contributed by atoms with van der Waals surface area (Å²) >= 11 is 0. The number of carbonyl (C=O) groups excluding carboxylic acids is 1. The van der Waals surface area contributed by atoms with Crippen molar-refractivity contribution in [3.05, 3.63) is 105 Å². The highest BCUT2D eigenvalue weighted by Gasteiger charge is 2.29. The Balaban J connectivity index is 1.71. The van der Waals surface area contributed by atoms with Crippen molar-refractivity contribution in [1.82, 2.24) is 5.32 Å². The van der Waals surface area contributed by atoms with Crippen LogP contribution in [-0.2, 0) is 11.2 Å². The summed E-state index contributed by atoms with van der Waals surface area (Å²) in [6.45, 7) is 6.08. The van der Waals surface area contributed by atoms with Crippen LogP contribution in [0.2, 0.25) is 0 Å². The summed E-state index contributed by atoms with van der Waals surface area (Å²) in [6, 6.07) is 19.9. The van der Waals surface area contributed by atoms with Crippen LogP contribution in [0.5, 0.6) is 0 Å². The lowest BCUT2D eigenvalue weighted by Crippen LogP contribution is -2.40. The molecule has 1 saturated heterocycles. The van der Waals surface area contributed by atoms with E-state index in [-0.39, 0.29) is 23.6 Å². The quantitative estimate of drug-likeness (QED) is 0.323. The van der Waals surface area contributed by atoms with E-state index >= 15 is 0 Å². The van der Waals surface area contributed by atoms with E-state index in [1.54, 1.807) is 24.3 Å². The topological polar surface area (TPSA) is 113 Å². The molecular formula is C29H31N3O5. The zero-order valence-corrected chi connectivity index (χ0v) is 21.0. The Morgan fingerprint density at radius 2 is 1.68 bits per heavy atom. The van der Waals surface area contributed by atoms with Gasteiger partial charge in [0.05, 0.1) is 22.9 Å². The van der Waals surface area contributed by atoms with Gasteiger partial charge in [-0.3, -0.25) is 14.9 Å². The number of non-ortho nitro benzene ring substituents is 1. The molecule has 1 aliphatic heterocycles. The molecule has 37 heavy (non-hydrogen) atoms. The van der Waals surface area contributed by atoms with E-state index in [0.29, 0.717) is 23.0 Å². The van der Waals surface area contributed by atoms with Gasteiger partial charge < -0.3 is 15.3 Å². The molecule has 3 aromatic rings. The van der Waals surface area contributed by atoms with Crippen molar-refractivity contribution in [2.24, 2.45) is 11.8 Å². The summed E-state index contributed by atoms with van der Waals surface area (Å²) in [5, 5.41) is 23.9. The van der Waals surface area contributed by atoms with Crippen molar-refractivity contribution in [2.45, 2.75) is 32.7 Å². The molecule has 0 saturated carbocycles. The Bertz CT molecular complexity index is 1270. The van der Waals surface area contributed by atoms with E-state index in [0.717, 1.165) is 30.8 Å². The second kappa shape index (κ2) is 11.2. The lowest BCUT2D eigenvalue weighted by molar-refractivity contribution is -0.384. The minimum absolute atomic E-state index is 0.0312. The Morgan fingerprint density at radius 1 is 1.03 bits per heavy atom. The van der Waals surface area contributed by atoms with Crippen molar-refractivity contribution in [3.63, 3.8) is 0 Å². The normalized spacial score (nSPS) is 18.2. The molecule has 0 spiro atoms. The van der Waals surface area contributed by atoms with Crippen LogP contribution < -0.4 is 10.2 Å². The monoisotopic (exact) mass is 501 g/mol. The number of carboxylic acid groups (broad SMARTS) is 1. The van der Waals surface area contributed by atoms with Gasteiger partial charge in [0, 0.05) is 36.5 Å². The van der Waals surface area contributed by atoms with Crippen LogP contribution >= 0.6 is 0 Å². The molecule has 0 radical (unpaired) electrons. The van der Waals surface area contributed by atoms with Gasteiger partial charge in [0.1, 0.15) is 0 Å². The summed E-state index contributed by atoms with van der Waals surface area (Å²) in [5.41, 5.74) is 3.17. The number of rotatable bonds is 8. The van der Waals surface area contributed by atoms with Crippen molar-refractivity contribution < 1.29 is 19.6 Å². The number of piperidine rings is 1. The first kappa shape index (κ1) is 25.9. The average Bonchev–Trinajstić information content (AvgIpc) is 2.87. The third kappa shape index (κ3) is 6.33. The first-order valence-electron chi connectivity index (χ1n) is 12.4. The number of nitro groups is 1. The van der Waals surface area contributed by atoms with Gasteiger partial charge in [-0.25, -0.2) is 4.79 Å². The number of benzene rings is 3. The summed E-state index contributed by atoms with van der Waals surface area (Å²) < 4.78 is 0. The first-order chi connectivity index (χ1) is 17.7. The molecule has 0 bridgehead atoms. The fourth-order valence-electron chi connectivity index (χ4n) is 5.18. The highest BCUT2D eigenvalue weighted by atomic mass is 16.6. The van der Waals surface area contributed by atoms with E-state index in [2.05, 4.69) is 24.1 Å². The third-order valence-electron chi connectivity index (χ3n) is 6.75. The van der Waals surface area contributed by atoms with E-state index in [4.69, 9.17) is 5.11 Å². The van der Waals surface area contributed by atoms with E-state index < -0.39 is 16.9 Å². The van der Waals surface area contributed by atoms with Gasteiger partial charge in [-0.05, 0) is 47.6 Å². The van der Waals surface area contributed by atoms with Gasteiger partial charge in [0.2, 0.25) is 5.91 Å². The Labute approximate surface area is 216 Å². The maximum absolute atomic E-state index is 13.2. The lowest BCUT2D eigenvalue weighted by atomic mass is 9.89. The maximum Gasteiger partial charge on any atom is 0.335 e. The van der Waals surface area contributed by atoms with Gasteiger partial charge in [-0.1, -0.05) is 56.3 Å². The van der Waals surface area contributed by atoms with Gasteiger partial charge >= 0.3 is 5.97 Å². The van der Waals surface area contributed by atoms with Crippen LogP contribution in [0.1, 0.15) is 53.4 Å². The standard InChI is InChI=1S/C29H31N3O5/c1-19-14-20(2)18-31(17-19)26-13-12-24(32(36)37)16-25(26)28(22-6-4-3-5-7-22)30-27(33)15-21-8-10-23(11-9-21)29(34)35/h3-13,16,19-20,28H,14-15,17-18H2,1-2H3,(H,30,33)(H,34,35)/t19-,20+,28?. The molecular weight excluding hydrogens is 470 g/mol. The second-order valence-corrected chi connectivity index (χ2v) is 9.94. The maximum atomic E-state index is 13.2. The number of aromatic carboxylic acids is 1. The van der Waals surface area contributed by atoms with E-state index in [9.17, 15) is 19.7 Å². The first-order valence-corrected chi connectivity index (χ1v) is 12.4. The zero-order valence-electron chi connectivity index (χ0n) is 21.0. The van der Waals surface area contributed by atoms with Crippen LogP contribution in [-0.4, -0.2) is 35.0 Å². The molecule has 8 heteroatoms. The van der Waals surface area contributed by atoms with Crippen molar-refractivity contribution >= 4 is 23.3 Å². The third-order valence-corrected chi connectivity index (χ3v) is 6.75. The van der Waals surface area contributed by atoms with Crippen LogP contribution in [0, 0.1) is 22.0 Å². The molecule has 2 N–H and O–H groups in total. The predicted octanol–water partition coefficient (Wildman–Crippen LogP) is 5.22. The van der Waals surface area contributed by atoms with Gasteiger partial charge in [0.25, 0.3) is 5.69 Å². The molecule has 3 aromatic carbocycles. The number of hydrogen-bond donors (Lipinski definition) is 2. The van der Waals surface area contributed by atoms with Gasteiger partial charge in [0.15, 0.2) is 0 Å². The number of hydrogen-bond acceptors (Lipinski definition) is 5. The van der Waals surface area contributed by atoms with Crippen molar-refractivity contribution in [1.29, 1.82) is 0 Å². The van der Waals surface area contributed by atoms with Crippen LogP contribution in [0.3, 0.4) is 0 Å². The number of anilines is 1. The van der Waals surface area contributed by atoms with Crippen molar-refractivity contribution in [2.75, 3.05) is 18.0 Å². The highest BCUT2D eigenvalue weighted by molar-refractivity contribution is 5.88. The summed E-state index contributed by atoms with van der Waals surface area (Å²) in [4.78, 5) is 37.9. The molecule has 3 atom stereocenters. The van der Waals surface area contributed by atoms with Crippen LogP contribution in [0.15, 0.2) is 72.8 Å². The number of nitrogens with one attached hydrogen (secondary N) is 1. The minimum atomic E-state index is -1.03. The number of carbonyl (C=O) groups is 2. The molecule has 1 fully saturated rings.